The molecule has 1 aromatic heterocycles. The molecule has 0 bridgehead atoms. The van der Waals surface area contributed by atoms with E-state index in [0.29, 0.717) is 6.54 Å². The fourth-order valence-corrected chi connectivity index (χ4v) is 1.79. The Morgan fingerprint density at radius 2 is 2.16 bits per heavy atom. The van der Waals surface area contributed by atoms with Gasteiger partial charge in [-0.15, -0.1) is 0 Å². The van der Waals surface area contributed by atoms with Gasteiger partial charge in [0.2, 0.25) is 5.91 Å². The van der Waals surface area contributed by atoms with Crippen LogP contribution in [0.3, 0.4) is 0 Å². The van der Waals surface area contributed by atoms with Crippen LogP contribution in [0.25, 0.3) is 0 Å². The summed E-state index contributed by atoms with van der Waals surface area (Å²) in [6.07, 6.45) is 4.24. The van der Waals surface area contributed by atoms with Gasteiger partial charge in [-0.1, -0.05) is 12.1 Å². The third kappa shape index (κ3) is 3.58. The Morgan fingerprint density at radius 1 is 1.42 bits per heavy atom. The van der Waals surface area contributed by atoms with Gasteiger partial charge >= 0.3 is 0 Å². The molecule has 1 atom stereocenters. The van der Waals surface area contributed by atoms with Gasteiger partial charge in [-0.3, -0.25) is 9.48 Å². The molecule has 0 radical (unpaired) electrons. The molecule has 1 amide bonds. The highest BCUT2D eigenvalue weighted by Gasteiger charge is 2.13. The molecule has 0 saturated carbocycles. The highest BCUT2D eigenvalue weighted by molar-refractivity contribution is 5.79. The van der Waals surface area contributed by atoms with Crippen LogP contribution in [0.15, 0.2) is 42.7 Å². The molecule has 0 aliphatic carbocycles. The maximum absolute atomic E-state index is 11.9. The van der Waals surface area contributed by atoms with Crippen molar-refractivity contribution in [2.45, 2.75) is 19.4 Å². The van der Waals surface area contributed by atoms with Crippen LogP contribution in [0.5, 0.6) is 0 Å². The van der Waals surface area contributed by atoms with Crippen molar-refractivity contribution < 1.29 is 4.79 Å². The lowest BCUT2D eigenvalue weighted by atomic mass is 10.1. The number of benzene rings is 1. The number of nitrogens with two attached hydrogens (primary N) is 1. The van der Waals surface area contributed by atoms with E-state index < -0.39 is 0 Å². The van der Waals surface area contributed by atoms with Crippen LogP contribution in [-0.2, 0) is 11.2 Å². The number of rotatable bonds is 5. The summed E-state index contributed by atoms with van der Waals surface area (Å²) in [5, 5.41) is 6.96. The van der Waals surface area contributed by atoms with Crippen molar-refractivity contribution in [1.82, 2.24) is 15.1 Å². The van der Waals surface area contributed by atoms with E-state index >= 15 is 0 Å². The van der Waals surface area contributed by atoms with E-state index in [1.807, 2.05) is 31.2 Å². The quantitative estimate of drug-likeness (QED) is 0.796. The van der Waals surface area contributed by atoms with Crippen LogP contribution < -0.4 is 11.1 Å². The maximum Gasteiger partial charge on any atom is 0.244 e. The molecule has 2 rings (SSSR count). The Morgan fingerprint density at radius 3 is 2.79 bits per heavy atom. The van der Waals surface area contributed by atoms with E-state index in [4.69, 9.17) is 5.73 Å². The van der Waals surface area contributed by atoms with Crippen molar-refractivity contribution in [3.8, 4) is 0 Å². The van der Waals surface area contributed by atoms with Crippen molar-refractivity contribution in [1.29, 1.82) is 0 Å². The second-order valence-corrected chi connectivity index (χ2v) is 4.44. The number of nitrogen functional groups attached to an aromatic ring is 1. The first-order valence-electron chi connectivity index (χ1n) is 6.28. The second kappa shape index (κ2) is 6.04. The minimum absolute atomic E-state index is 0.0286. The summed E-state index contributed by atoms with van der Waals surface area (Å²) in [5.41, 5.74) is 7.52. The van der Waals surface area contributed by atoms with Gasteiger partial charge in [0.15, 0.2) is 0 Å². The third-order valence-corrected chi connectivity index (χ3v) is 2.99. The molecule has 100 valence electrons. The number of hydrogen-bond acceptors (Lipinski definition) is 3. The average Bonchev–Trinajstić information content (AvgIpc) is 2.94. The lowest BCUT2D eigenvalue weighted by Gasteiger charge is -2.12. The summed E-state index contributed by atoms with van der Waals surface area (Å²) in [6, 6.07) is 9.18. The predicted molar refractivity (Wildman–Crippen MR) is 74.5 cm³/mol. The van der Waals surface area contributed by atoms with Crippen LogP contribution in [0.1, 0.15) is 18.5 Å². The predicted octanol–water partition coefficient (Wildman–Crippen LogP) is 1.39. The molecule has 0 saturated heterocycles. The Labute approximate surface area is 112 Å². The summed E-state index contributed by atoms with van der Waals surface area (Å²) < 4.78 is 1.64. The van der Waals surface area contributed by atoms with Crippen molar-refractivity contribution in [2.24, 2.45) is 0 Å². The number of hydrogen-bond donors (Lipinski definition) is 2. The van der Waals surface area contributed by atoms with Crippen LogP contribution in [-0.4, -0.2) is 22.2 Å². The van der Waals surface area contributed by atoms with Crippen LogP contribution in [0.2, 0.25) is 0 Å². The molecule has 1 aromatic carbocycles. The first kappa shape index (κ1) is 13.1. The fraction of sp³-hybridized carbons (Fsp3) is 0.286. The zero-order chi connectivity index (χ0) is 13.7. The van der Waals surface area contributed by atoms with E-state index in [1.165, 1.54) is 0 Å². The number of carbonyl (C=O) groups excluding carboxylic acids is 1. The maximum atomic E-state index is 11.9. The molecule has 5 nitrogen and oxygen atoms in total. The molecule has 19 heavy (non-hydrogen) atoms. The fourth-order valence-electron chi connectivity index (χ4n) is 1.79. The largest absolute Gasteiger partial charge is 0.399 e. The van der Waals surface area contributed by atoms with E-state index in [9.17, 15) is 4.79 Å². The summed E-state index contributed by atoms with van der Waals surface area (Å²) in [5.74, 6) is -0.0286. The molecule has 3 N–H and O–H groups in total. The number of carbonyl (C=O) groups is 1. The summed E-state index contributed by atoms with van der Waals surface area (Å²) in [7, 11) is 0. The minimum Gasteiger partial charge on any atom is -0.399 e. The van der Waals surface area contributed by atoms with Gasteiger partial charge in [-0.05, 0) is 37.1 Å². The number of anilines is 1. The Balaban J connectivity index is 1.79. The molecule has 0 aliphatic rings. The van der Waals surface area contributed by atoms with Crippen LogP contribution in [0.4, 0.5) is 5.69 Å². The Bertz CT molecular complexity index is 519. The van der Waals surface area contributed by atoms with Crippen molar-refractivity contribution in [3.05, 3.63) is 48.3 Å². The van der Waals surface area contributed by atoms with E-state index in [2.05, 4.69) is 10.4 Å². The minimum atomic E-state index is -0.290. The van der Waals surface area contributed by atoms with Gasteiger partial charge in [-0.2, -0.15) is 5.10 Å². The van der Waals surface area contributed by atoms with Crippen molar-refractivity contribution in [2.75, 3.05) is 12.3 Å². The van der Waals surface area contributed by atoms with Crippen molar-refractivity contribution in [3.63, 3.8) is 0 Å². The van der Waals surface area contributed by atoms with Gasteiger partial charge in [0, 0.05) is 24.6 Å². The molecule has 1 heterocycles. The molecule has 2 aromatic rings. The molecular formula is C14H18N4O. The van der Waals surface area contributed by atoms with Gasteiger partial charge < -0.3 is 11.1 Å². The molecule has 1 unspecified atom stereocenters. The van der Waals surface area contributed by atoms with Gasteiger partial charge in [0.1, 0.15) is 6.04 Å². The highest BCUT2D eigenvalue weighted by atomic mass is 16.2. The SMILES string of the molecule is CC(C(=O)NCCc1ccc(N)cc1)n1cccn1. The summed E-state index contributed by atoms with van der Waals surface area (Å²) in [4.78, 5) is 11.9. The lowest BCUT2D eigenvalue weighted by molar-refractivity contribution is -0.124. The smallest absolute Gasteiger partial charge is 0.244 e. The third-order valence-electron chi connectivity index (χ3n) is 2.99. The molecular weight excluding hydrogens is 240 g/mol. The summed E-state index contributed by atoms with van der Waals surface area (Å²) in [6.45, 7) is 2.43. The zero-order valence-electron chi connectivity index (χ0n) is 10.9. The van der Waals surface area contributed by atoms with Crippen LogP contribution in [0, 0.1) is 0 Å². The molecule has 0 spiro atoms. The van der Waals surface area contributed by atoms with E-state index in [1.54, 1.807) is 23.1 Å². The number of nitrogens with one attached hydrogen (secondary N) is 1. The number of aromatic nitrogens is 2. The molecule has 0 aliphatic heterocycles. The van der Waals surface area contributed by atoms with Gasteiger partial charge in [-0.25, -0.2) is 0 Å². The number of nitrogens with zero attached hydrogens (tertiary/aromatic N) is 2. The zero-order valence-corrected chi connectivity index (χ0v) is 10.9. The van der Waals surface area contributed by atoms with E-state index in [0.717, 1.165) is 17.7 Å². The van der Waals surface area contributed by atoms with E-state index in [-0.39, 0.29) is 11.9 Å². The Kier molecular flexibility index (Phi) is 4.18. The molecule has 5 heteroatoms. The highest BCUT2D eigenvalue weighted by Crippen LogP contribution is 2.06. The Hall–Kier alpha value is -2.30. The second-order valence-electron chi connectivity index (χ2n) is 4.44. The van der Waals surface area contributed by atoms with Gasteiger partial charge in [0.05, 0.1) is 0 Å². The summed E-state index contributed by atoms with van der Waals surface area (Å²) >= 11 is 0. The molecule has 0 fully saturated rings. The lowest BCUT2D eigenvalue weighted by Crippen LogP contribution is -2.32. The van der Waals surface area contributed by atoms with Gasteiger partial charge in [0.25, 0.3) is 0 Å². The first-order chi connectivity index (χ1) is 9.16. The van der Waals surface area contributed by atoms with Crippen LogP contribution >= 0.6 is 0 Å². The monoisotopic (exact) mass is 258 g/mol. The first-order valence-corrected chi connectivity index (χ1v) is 6.28. The topological polar surface area (TPSA) is 72.9 Å². The normalized spacial score (nSPS) is 12.1. The number of amides is 1. The van der Waals surface area contributed by atoms with Crippen molar-refractivity contribution >= 4 is 11.6 Å². The standard InChI is InChI=1S/C14H18N4O/c1-11(18-10-2-8-17-18)14(19)16-9-7-12-3-5-13(15)6-4-12/h2-6,8,10-11H,7,9,15H2,1H3,(H,16,19). The average molecular weight is 258 g/mol.